The molecule has 0 spiro atoms. The van der Waals surface area contributed by atoms with Gasteiger partial charge in [-0.1, -0.05) is 30.3 Å². The standard InChI is InChI=1S/C21H26N2O3/c1-25-19-9-11-23(12-10-19)21(24)17-7-8-20(18(13-17)14-22)26-15-16-5-3-2-4-6-16/h2-8,13,19H,9-12,14-15,22H2,1H3. The van der Waals surface area contributed by atoms with Gasteiger partial charge in [0, 0.05) is 37.9 Å². The fourth-order valence-electron chi connectivity index (χ4n) is 3.23. The zero-order valence-corrected chi connectivity index (χ0v) is 15.2. The number of carbonyl (C=O) groups is 1. The fourth-order valence-corrected chi connectivity index (χ4v) is 3.23. The molecule has 0 aromatic heterocycles. The van der Waals surface area contributed by atoms with Crippen molar-refractivity contribution in [2.75, 3.05) is 20.2 Å². The zero-order valence-electron chi connectivity index (χ0n) is 15.2. The van der Waals surface area contributed by atoms with Gasteiger partial charge in [-0.25, -0.2) is 0 Å². The molecule has 1 aliphatic rings. The Labute approximate surface area is 154 Å². The third-order valence-corrected chi connectivity index (χ3v) is 4.83. The Bertz CT molecular complexity index is 725. The second-order valence-electron chi connectivity index (χ2n) is 6.53. The first-order chi connectivity index (χ1) is 12.7. The smallest absolute Gasteiger partial charge is 0.253 e. The summed E-state index contributed by atoms with van der Waals surface area (Å²) in [7, 11) is 1.73. The van der Waals surface area contributed by atoms with E-state index in [1.165, 1.54) is 0 Å². The minimum absolute atomic E-state index is 0.0452. The minimum atomic E-state index is 0.0452. The molecule has 1 heterocycles. The Hall–Kier alpha value is -2.37. The lowest BCUT2D eigenvalue weighted by molar-refractivity contribution is 0.0350. The SMILES string of the molecule is COC1CCN(C(=O)c2ccc(OCc3ccccc3)c(CN)c2)CC1. The predicted octanol–water partition coefficient (Wildman–Crippen LogP) is 2.98. The number of carbonyl (C=O) groups excluding carboxylic acids is 1. The van der Waals surface area contributed by atoms with E-state index in [0.29, 0.717) is 18.7 Å². The van der Waals surface area contributed by atoms with Gasteiger partial charge in [0.15, 0.2) is 0 Å². The monoisotopic (exact) mass is 354 g/mol. The van der Waals surface area contributed by atoms with Crippen molar-refractivity contribution < 1.29 is 14.3 Å². The lowest BCUT2D eigenvalue weighted by Crippen LogP contribution is -2.40. The molecular formula is C21H26N2O3. The number of nitrogens with two attached hydrogens (primary N) is 1. The van der Waals surface area contributed by atoms with Crippen LogP contribution < -0.4 is 10.5 Å². The van der Waals surface area contributed by atoms with Gasteiger partial charge in [0.1, 0.15) is 12.4 Å². The number of nitrogens with zero attached hydrogens (tertiary/aromatic N) is 1. The quantitative estimate of drug-likeness (QED) is 0.866. The normalized spacial score (nSPS) is 15.1. The topological polar surface area (TPSA) is 64.8 Å². The molecule has 0 bridgehead atoms. The number of piperidine rings is 1. The van der Waals surface area contributed by atoms with Crippen molar-refractivity contribution in [1.82, 2.24) is 4.90 Å². The van der Waals surface area contributed by atoms with E-state index in [-0.39, 0.29) is 12.0 Å². The molecule has 1 aliphatic heterocycles. The number of methoxy groups -OCH3 is 1. The molecule has 138 valence electrons. The zero-order chi connectivity index (χ0) is 18.4. The van der Waals surface area contributed by atoms with E-state index in [0.717, 1.165) is 42.8 Å². The molecule has 2 N–H and O–H groups in total. The molecule has 5 heteroatoms. The number of amides is 1. The highest BCUT2D eigenvalue weighted by atomic mass is 16.5. The molecule has 26 heavy (non-hydrogen) atoms. The van der Waals surface area contributed by atoms with Crippen molar-refractivity contribution in [1.29, 1.82) is 0 Å². The maximum Gasteiger partial charge on any atom is 0.253 e. The van der Waals surface area contributed by atoms with Gasteiger partial charge in [-0.05, 0) is 36.6 Å². The molecule has 1 amide bonds. The average molecular weight is 354 g/mol. The summed E-state index contributed by atoms with van der Waals surface area (Å²) in [4.78, 5) is 14.6. The largest absolute Gasteiger partial charge is 0.489 e. The minimum Gasteiger partial charge on any atom is -0.489 e. The second-order valence-corrected chi connectivity index (χ2v) is 6.53. The molecule has 5 nitrogen and oxygen atoms in total. The van der Waals surface area contributed by atoms with Gasteiger partial charge in [-0.2, -0.15) is 0 Å². The van der Waals surface area contributed by atoms with Gasteiger partial charge in [0.2, 0.25) is 0 Å². The van der Waals surface area contributed by atoms with E-state index in [9.17, 15) is 4.79 Å². The van der Waals surface area contributed by atoms with E-state index >= 15 is 0 Å². The van der Waals surface area contributed by atoms with Gasteiger partial charge < -0.3 is 20.1 Å². The second kappa shape index (κ2) is 8.83. The van der Waals surface area contributed by atoms with Gasteiger partial charge >= 0.3 is 0 Å². The lowest BCUT2D eigenvalue weighted by Gasteiger charge is -2.31. The lowest BCUT2D eigenvalue weighted by atomic mass is 10.0. The summed E-state index contributed by atoms with van der Waals surface area (Å²) in [5, 5.41) is 0. The Morgan fingerprint density at radius 1 is 1.15 bits per heavy atom. The van der Waals surface area contributed by atoms with Gasteiger partial charge in [-0.3, -0.25) is 4.79 Å². The Morgan fingerprint density at radius 3 is 2.54 bits per heavy atom. The van der Waals surface area contributed by atoms with Crippen molar-refractivity contribution in [3.63, 3.8) is 0 Å². The van der Waals surface area contributed by atoms with Gasteiger partial charge in [0.25, 0.3) is 5.91 Å². The van der Waals surface area contributed by atoms with Crippen LogP contribution >= 0.6 is 0 Å². The summed E-state index contributed by atoms with van der Waals surface area (Å²) in [6.07, 6.45) is 2.02. The van der Waals surface area contributed by atoms with Crippen molar-refractivity contribution in [2.24, 2.45) is 5.73 Å². The molecule has 2 aromatic rings. The number of ether oxygens (including phenoxy) is 2. The van der Waals surface area contributed by atoms with Crippen LogP contribution in [0.2, 0.25) is 0 Å². The van der Waals surface area contributed by atoms with E-state index in [1.807, 2.05) is 53.4 Å². The Balaban J connectivity index is 1.67. The summed E-state index contributed by atoms with van der Waals surface area (Å²) < 4.78 is 11.3. The first kappa shape index (κ1) is 18.4. The van der Waals surface area contributed by atoms with Crippen LogP contribution in [-0.4, -0.2) is 37.1 Å². The molecule has 0 radical (unpaired) electrons. The Kier molecular flexibility index (Phi) is 6.26. The van der Waals surface area contributed by atoms with Crippen molar-refractivity contribution in [2.45, 2.75) is 32.1 Å². The summed E-state index contributed by atoms with van der Waals surface area (Å²) in [5.41, 5.74) is 8.48. The van der Waals surface area contributed by atoms with Crippen LogP contribution in [0.25, 0.3) is 0 Å². The predicted molar refractivity (Wildman–Crippen MR) is 101 cm³/mol. The maximum absolute atomic E-state index is 12.8. The average Bonchev–Trinajstić information content (AvgIpc) is 2.72. The van der Waals surface area contributed by atoms with Crippen molar-refractivity contribution in [3.05, 3.63) is 65.2 Å². The van der Waals surface area contributed by atoms with Crippen LogP contribution in [0.15, 0.2) is 48.5 Å². The highest BCUT2D eigenvalue weighted by molar-refractivity contribution is 5.94. The van der Waals surface area contributed by atoms with Crippen LogP contribution in [0.3, 0.4) is 0 Å². The molecule has 0 atom stereocenters. The third-order valence-electron chi connectivity index (χ3n) is 4.83. The maximum atomic E-state index is 12.8. The third kappa shape index (κ3) is 4.42. The molecule has 2 aromatic carbocycles. The molecule has 0 saturated carbocycles. The van der Waals surface area contributed by atoms with Crippen LogP contribution in [0.5, 0.6) is 5.75 Å². The molecule has 0 unspecified atom stereocenters. The molecule has 1 saturated heterocycles. The van der Waals surface area contributed by atoms with Crippen LogP contribution in [0.1, 0.15) is 34.3 Å². The molecular weight excluding hydrogens is 328 g/mol. The van der Waals surface area contributed by atoms with Crippen LogP contribution in [-0.2, 0) is 17.9 Å². The van der Waals surface area contributed by atoms with Gasteiger partial charge in [0.05, 0.1) is 6.10 Å². The van der Waals surface area contributed by atoms with Crippen molar-refractivity contribution in [3.8, 4) is 5.75 Å². The number of hydrogen-bond donors (Lipinski definition) is 1. The number of rotatable bonds is 6. The summed E-state index contributed by atoms with van der Waals surface area (Å²) >= 11 is 0. The van der Waals surface area contributed by atoms with Crippen LogP contribution in [0, 0.1) is 0 Å². The van der Waals surface area contributed by atoms with E-state index in [2.05, 4.69) is 0 Å². The highest BCUT2D eigenvalue weighted by Crippen LogP contribution is 2.23. The highest BCUT2D eigenvalue weighted by Gasteiger charge is 2.23. The van der Waals surface area contributed by atoms with E-state index < -0.39 is 0 Å². The first-order valence-corrected chi connectivity index (χ1v) is 9.03. The van der Waals surface area contributed by atoms with E-state index in [1.54, 1.807) is 7.11 Å². The number of hydrogen-bond acceptors (Lipinski definition) is 4. The summed E-state index contributed by atoms with van der Waals surface area (Å²) in [6.45, 7) is 2.26. The summed E-state index contributed by atoms with van der Waals surface area (Å²) in [5.74, 6) is 0.773. The van der Waals surface area contributed by atoms with E-state index in [4.69, 9.17) is 15.2 Å². The van der Waals surface area contributed by atoms with Gasteiger partial charge in [-0.15, -0.1) is 0 Å². The summed E-state index contributed by atoms with van der Waals surface area (Å²) in [6, 6.07) is 15.5. The molecule has 0 aliphatic carbocycles. The fraction of sp³-hybridized carbons (Fsp3) is 0.381. The Morgan fingerprint density at radius 2 is 1.88 bits per heavy atom. The molecule has 1 fully saturated rings. The number of benzene rings is 2. The van der Waals surface area contributed by atoms with Crippen LogP contribution in [0.4, 0.5) is 0 Å². The van der Waals surface area contributed by atoms with Crippen molar-refractivity contribution >= 4 is 5.91 Å². The molecule has 3 rings (SSSR count). The first-order valence-electron chi connectivity index (χ1n) is 9.03. The number of likely N-dealkylation sites (tertiary alicyclic amines) is 1.